The smallest absolute Gasteiger partial charge is 0.387 e. The molecule has 7 atom stereocenters. The number of thioether (sulfide) groups is 1. The summed E-state index contributed by atoms with van der Waals surface area (Å²) < 4.78 is 45.5. The molecule has 0 saturated carbocycles. The average molecular weight is 754 g/mol. The number of hydrogen-bond acceptors (Lipinski definition) is 17. The first kappa shape index (κ1) is 40.4. The highest BCUT2D eigenvalue weighted by atomic mass is 32.2. The van der Waals surface area contributed by atoms with E-state index in [2.05, 4.69) is 35.8 Å². The highest BCUT2D eigenvalue weighted by Gasteiger charge is 2.46. The first-order valence-electron chi connectivity index (χ1n) is 14.3. The molecule has 0 radical (unpaired) electrons. The van der Waals surface area contributed by atoms with Crippen molar-refractivity contribution in [3.8, 4) is 12.3 Å². The zero-order valence-corrected chi connectivity index (χ0v) is 28.8. The van der Waals surface area contributed by atoms with Crippen LogP contribution < -0.4 is 16.4 Å². The van der Waals surface area contributed by atoms with Crippen molar-refractivity contribution >= 4 is 61.3 Å². The van der Waals surface area contributed by atoms with Gasteiger partial charge in [-0.3, -0.25) is 28.0 Å². The van der Waals surface area contributed by atoms with E-state index in [0.29, 0.717) is 5.75 Å². The van der Waals surface area contributed by atoms with Gasteiger partial charge in [-0.15, -0.1) is 6.42 Å². The Bertz CT molecular complexity index is 1640. The molecule has 2 aromatic rings. The van der Waals surface area contributed by atoms with Gasteiger partial charge in [0.05, 0.1) is 26.0 Å². The number of carbonyl (C=O) groups is 3. The Morgan fingerprint density at radius 1 is 1.14 bits per heavy atom. The van der Waals surface area contributed by atoms with E-state index in [4.69, 9.17) is 25.9 Å². The van der Waals surface area contributed by atoms with Gasteiger partial charge in [0.15, 0.2) is 17.7 Å². The predicted octanol–water partition coefficient (Wildman–Crippen LogP) is -1.43. The number of terminal acetylenes is 1. The molecule has 1 aliphatic rings. The van der Waals surface area contributed by atoms with E-state index in [1.165, 1.54) is 24.7 Å². The van der Waals surface area contributed by atoms with Crippen LogP contribution in [-0.2, 0) is 41.6 Å². The van der Waals surface area contributed by atoms with E-state index in [1.54, 1.807) is 0 Å². The standard InChI is InChI=1S/C25H37N7O14P2S/c1-4-5-16(34)49-9-8-27-15(33)6-7-28-23(38)20(37)25(2,3)11-44-48(41,42)46-47(39,40)43-10-14-18(35)19(36)24(45-14)32-13-31-17-21(26)29-12-30-22(17)32/h1,12-14,18-20,24,35-37H,5-11H2,2-3H3,(H,27,33)(H,28,38)(H,39,40)(H,41,42)(H2,26,29,30). The zero-order chi connectivity index (χ0) is 36.6. The number of amides is 2. The fourth-order valence-electron chi connectivity index (χ4n) is 4.15. The number of aliphatic hydroxyl groups is 3. The largest absolute Gasteiger partial charge is 0.481 e. The first-order chi connectivity index (χ1) is 22.9. The van der Waals surface area contributed by atoms with Gasteiger partial charge in [-0.25, -0.2) is 24.1 Å². The maximum absolute atomic E-state index is 12.5. The minimum atomic E-state index is -5.38. The lowest BCUT2D eigenvalue weighted by Crippen LogP contribution is -2.46. The maximum atomic E-state index is 12.5. The quantitative estimate of drug-likeness (QED) is 0.0491. The van der Waals surface area contributed by atoms with E-state index < -0.39 is 76.7 Å². The molecule has 1 fully saturated rings. The summed E-state index contributed by atoms with van der Waals surface area (Å²) in [4.78, 5) is 67.6. The van der Waals surface area contributed by atoms with Crippen LogP contribution in [0.5, 0.6) is 0 Å². The summed E-state index contributed by atoms with van der Waals surface area (Å²) in [7, 11) is -10.7. The Balaban J connectivity index is 1.43. The van der Waals surface area contributed by atoms with Crippen molar-refractivity contribution in [1.29, 1.82) is 0 Å². The fourth-order valence-corrected chi connectivity index (χ4v) is 7.02. The van der Waals surface area contributed by atoms with Crippen LogP contribution in [0.25, 0.3) is 11.2 Å². The molecule has 49 heavy (non-hydrogen) atoms. The molecule has 3 heterocycles. The van der Waals surface area contributed by atoms with Gasteiger partial charge >= 0.3 is 15.6 Å². The Hall–Kier alpha value is -3.03. The van der Waals surface area contributed by atoms with Crippen LogP contribution >= 0.6 is 27.4 Å². The predicted molar refractivity (Wildman–Crippen MR) is 170 cm³/mol. The third-order valence-electron chi connectivity index (χ3n) is 6.78. The van der Waals surface area contributed by atoms with Gasteiger partial charge in [0.1, 0.15) is 36.3 Å². The summed E-state index contributed by atoms with van der Waals surface area (Å²) in [5, 5.41) is 36.1. The van der Waals surface area contributed by atoms with Gasteiger partial charge in [-0.05, 0) is 0 Å². The van der Waals surface area contributed by atoms with Crippen LogP contribution in [0.2, 0.25) is 0 Å². The van der Waals surface area contributed by atoms with Crippen molar-refractivity contribution in [2.45, 2.75) is 57.3 Å². The number of ether oxygens (including phenoxy) is 1. The van der Waals surface area contributed by atoms with E-state index in [0.717, 1.165) is 18.1 Å². The number of nitrogens with zero attached hydrogens (tertiary/aromatic N) is 4. The number of anilines is 1. The molecule has 1 saturated heterocycles. The highest BCUT2D eigenvalue weighted by molar-refractivity contribution is 8.13. The number of rotatable bonds is 18. The number of aliphatic hydroxyl groups excluding tert-OH is 3. The van der Waals surface area contributed by atoms with E-state index in [1.807, 2.05) is 0 Å². The van der Waals surface area contributed by atoms with Crippen LogP contribution in [0.4, 0.5) is 5.82 Å². The maximum Gasteiger partial charge on any atom is 0.481 e. The summed E-state index contributed by atoms with van der Waals surface area (Å²) >= 11 is 0.970. The summed E-state index contributed by atoms with van der Waals surface area (Å²) in [6.45, 7) is 0.835. The zero-order valence-electron chi connectivity index (χ0n) is 26.1. The van der Waals surface area contributed by atoms with Gasteiger partial charge in [0.2, 0.25) is 16.9 Å². The number of nitrogen functional groups attached to an aromatic ring is 1. The molecule has 272 valence electrons. The molecule has 9 N–H and O–H groups in total. The number of fused-ring (bicyclic) bond motifs is 1. The molecule has 3 rings (SSSR count). The van der Waals surface area contributed by atoms with Crippen LogP contribution in [0.15, 0.2) is 12.7 Å². The molecule has 2 aromatic heterocycles. The first-order valence-corrected chi connectivity index (χ1v) is 18.3. The molecule has 1 aliphatic heterocycles. The molecule has 2 amide bonds. The molecular weight excluding hydrogens is 716 g/mol. The normalized spacial score (nSPS) is 22.5. The summed E-state index contributed by atoms with van der Waals surface area (Å²) in [5.41, 5.74) is 4.54. The number of imidazole rings is 1. The summed E-state index contributed by atoms with van der Waals surface area (Å²) in [6, 6.07) is 0. The molecule has 7 unspecified atom stereocenters. The van der Waals surface area contributed by atoms with Crippen LogP contribution in [-0.4, -0.2) is 118 Å². The lowest BCUT2D eigenvalue weighted by Gasteiger charge is -2.30. The number of aromatic nitrogens is 4. The van der Waals surface area contributed by atoms with Gasteiger partial charge in [0.25, 0.3) is 0 Å². The minimum Gasteiger partial charge on any atom is -0.387 e. The van der Waals surface area contributed by atoms with Crippen molar-refractivity contribution < 1.29 is 66.7 Å². The van der Waals surface area contributed by atoms with Crippen LogP contribution in [0, 0.1) is 17.8 Å². The topological polar surface area (TPSA) is 317 Å². The fraction of sp³-hybridized carbons (Fsp3) is 0.600. The van der Waals surface area contributed by atoms with Crippen molar-refractivity contribution in [1.82, 2.24) is 30.2 Å². The second kappa shape index (κ2) is 17.3. The second-order valence-corrected chi connectivity index (χ2v) is 15.3. The Morgan fingerprint density at radius 2 is 1.84 bits per heavy atom. The molecular formula is C25H37N7O14P2S. The third kappa shape index (κ3) is 11.5. The van der Waals surface area contributed by atoms with E-state index in [9.17, 15) is 48.6 Å². The molecule has 0 spiro atoms. The Kier molecular flexibility index (Phi) is 14.2. The summed E-state index contributed by atoms with van der Waals surface area (Å²) in [5.74, 6) is 1.18. The van der Waals surface area contributed by atoms with Crippen molar-refractivity contribution in [3.05, 3.63) is 12.7 Å². The van der Waals surface area contributed by atoms with Crippen molar-refractivity contribution in [2.24, 2.45) is 5.41 Å². The Morgan fingerprint density at radius 3 is 2.53 bits per heavy atom. The van der Waals surface area contributed by atoms with Crippen molar-refractivity contribution in [2.75, 3.05) is 37.8 Å². The van der Waals surface area contributed by atoms with Gasteiger partial charge in [0, 0.05) is 30.7 Å². The monoisotopic (exact) mass is 753 g/mol. The van der Waals surface area contributed by atoms with Gasteiger partial charge in [-0.2, -0.15) is 4.31 Å². The van der Waals surface area contributed by atoms with E-state index >= 15 is 0 Å². The number of phosphoric ester groups is 2. The molecule has 21 nitrogen and oxygen atoms in total. The number of nitrogens with one attached hydrogen (secondary N) is 2. The molecule has 0 aromatic carbocycles. The number of carbonyl (C=O) groups excluding carboxylic acids is 3. The van der Waals surface area contributed by atoms with Crippen LogP contribution in [0.3, 0.4) is 0 Å². The molecule has 0 bridgehead atoms. The van der Waals surface area contributed by atoms with Crippen LogP contribution in [0.1, 0.15) is 32.9 Å². The lowest BCUT2D eigenvalue weighted by atomic mass is 9.87. The minimum absolute atomic E-state index is 0.0239. The van der Waals surface area contributed by atoms with E-state index in [-0.39, 0.29) is 48.0 Å². The average Bonchev–Trinajstić information content (AvgIpc) is 3.57. The SMILES string of the molecule is C#CCC(=O)SCCNC(=O)CCNC(=O)C(O)C(C)(C)COP(=O)(O)OP(=O)(O)OCC1OC(n2cnc3c(N)ncnc32)C(O)C1O. The number of nitrogens with two attached hydrogens (primary N) is 1. The number of phosphoric acid groups is 2. The molecule has 0 aliphatic carbocycles. The Labute approximate surface area is 283 Å². The van der Waals surface area contributed by atoms with Crippen molar-refractivity contribution in [3.63, 3.8) is 0 Å². The lowest BCUT2D eigenvalue weighted by molar-refractivity contribution is -0.137. The second-order valence-electron chi connectivity index (χ2n) is 11.1. The highest BCUT2D eigenvalue weighted by Crippen LogP contribution is 2.61. The molecule has 24 heteroatoms. The van der Waals surface area contributed by atoms with Gasteiger partial charge < -0.3 is 46.2 Å². The number of hydrogen-bond donors (Lipinski definition) is 8. The third-order valence-corrected chi connectivity index (χ3v) is 10.2. The van der Waals surface area contributed by atoms with Gasteiger partial charge in [-0.1, -0.05) is 31.5 Å². The summed E-state index contributed by atoms with van der Waals surface area (Å²) in [6.07, 6.45) is -0.593.